The van der Waals surface area contributed by atoms with Crippen LogP contribution in [0.15, 0.2) is 36.5 Å². The van der Waals surface area contributed by atoms with E-state index in [1.54, 1.807) is 6.20 Å². The quantitative estimate of drug-likeness (QED) is 0.773. The second-order valence-corrected chi connectivity index (χ2v) is 6.55. The van der Waals surface area contributed by atoms with Crippen molar-refractivity contribution >= 4 is 16.9 Å². The lowest BCUT2D eigenvalue weighted by Gasteiger charge is -2.18. The largest absolute Gasteiger partial charge is 0.341 e. The Balaban J connectivity index is 1.63. The number of rotatable bonds is 4. The standard InChI is InChI=1S/C19H20N4O/c1-11-5-3-7-14-15(11)22-18(21-14)19(24)23-17(13-8-9-13)16-12(2)6-4-10-20-16/h3-7,10,13,17H,8-9H2,1-2H3,(H,21,22)(H,23,24). The van der Waals surface area contributed by atoms with Crippen molar-refractivity contribution in [3.8, 4) is 0 Å². The van der Waals surface area contributed by atoms with E-state index in [4.69, 9.17) is 0 Å². The first-order chi connectivity index (χ1) is 11.6. The molecule has 1 aliphatic rings. The maximum absolute atomic E-state index is 12.7. The summed E-state index contributed by atoms with van der Waals surface area (Å²) in [5.41, 5.74) is 4.86. The first-order valence-electron chi connectivity index (χ1n) is 8.31. The first-order valence-corrected chi connectivity index (χ1v) is 8.31. The van der Waals surface area contributed by atoms with Crippen LogP contribution < -0.4 is 5.32 Å². The average Bonchev–Trinajstić information content (AvgIpc) is 3.31. The molecule has 5 nitrogen and oxygen atoms in total. The third-order valence-electron chi connectivity index (χ3n) is 4.65. The lowest BCUT2D eigenvalue weighted by atomic mass is 10.0. The van der Waals surface area contributed by atoms with E-state index in [0.29, 0.717) is 11.7 Å². The Labute approximate surface area is 140 Å². The summed E-state index contributed by atoms with van der Waals surface area (Å²) in [6, 6.07) is 9.80. The Morgan fingerprint density at radius 1 is 1.21 bits per heavy atom. The van der Waals surface area contributed by atoms with Gasteiger partial charge in [-0.25, -0.2) is 4.98 Å². The summed E-state index contributed by atoms with van der Waals surface area (Å²) in [5, 5.41) is 3.14. The predicted molar refractivity (Wildman–Crippen MR) is 92.7 cm³/mol. The normalized spacial score (nSPS) is 15.4. The van der Waals surface area contributed by atoms with Crippen molar-refractivity contribution in [1.29, 1.82) is 0 Å². The lowest BCUT2D eigenvalue weighted by Crippen LogP contribution is -2.31. The first kappa shape index (κ1) is 14.9. The molecule has 1 amide bonds. The predicted octanol–water partition coefficient (Wildman–Crippen LogP) is 3.46. The van der Waals surface area contributed by atoms with E-state index in [1.165, 1.54) is 0 Å². The molecular formula is C19H20N4O. The fraction of sp³-hybridized carbons (Fsp3) is 0.316. The van der Waals surface area contributed by atoms with Crippen LogP contribution in [0.1, 0.15) is 46.3 Å². The number of fused-ring (bicyclic) bond motifs is 1. The van der Waals surface area contributed by atoms with Crippen molar-refractivity contribution in [2.45, 2.75) is 32.7 Å². The number of nitrogens with zero attached hydrogens (tertiary/aromatic N) is 2. The Morgan fingerprint density at radius 2 is 2.00 bits per heavy atom. The maximum Gasteiger partial charge on any atom is 0.287 e. The smallest absolute Gasteiger partial charge is 0.287 e. The fourth-order valence-electron chi connectivity index (χ4n) is 3.16. The number of H-pyrrole nitrogens is 1. The third-order valence-corrected chi connectivity index (χ3v) is 4.65. The van der Waals surface area contributed by atoms with Crippen molar-refractivity contribution in [1.82, 2.24) is 20.3 Å². The number of pyridine rings is 1. The van der Waals surface area contributed by atoms with Gasteiger partial charge in [-0.2, -0.15) is 0 Å². The summed E-state index contributed by atoms with van der Waals surface area (Å²) in [4.78, 5) is 24.8. The number of hydrogen-bond acceptors (Lipinski definition) is 3. The number of nitrogens with one attached hydrogen (secondary N) is 2. The highest BCUT2D eigenvalue weighted by Gasteiger charge is 2.35. The van der Waals surface area contributed by atoms with E-state index < -0.39 is 0 Å². The molecule has 0 aliphatic heterocycles. The van der Waals surface area contributed by atoms with Crippen LogP contribution in [0.2, 0.25) is 0 Å². The molecule has 1 aromatic carbocycles. The molecule has 1 aliphatic carbocycles. The third kappa shape index (κ3) is 2.66. The van der Waals surface area contributed by atoms with Crippen molar-refractivity contribution in [2.75, 3.05) is 0 Å². The van der Waals surface area contributed by atoms with Gasteiger partial charge < -0.3 is 10.3 Å². The van der Waals surface area contributed by atoms with Gasteiger partial charge in [0.2, 0.25) is 0 Å². The minimum absolute atomic E-state index is 0.0481. The highest BCUT2D eigenvalue weighted by molar-refractivity contribution is 5.95. The van der Waals surface area contributed by atoms with Crippen LogP contribution in [0, 0.1) is 19.8 Å². The summed E-state index contributed by atoms with van der Waals surface area (Å²) in [5.74, 6) is 0.653. The van der Waals surface area contributed by atoms with Gasteiger partial charge in [-0.3, -0.25) is 9.78 Å². The van der Waals surface area contributed by atoms with Crippen molar-refractivity contribution in [2.24, 2.45) is 5.92 Å². The SMILES string of the molecule is Cc1cccnc1C(NC(=O)c1nc2c(C)cccc2[nH]1)C1CC1. The summed E-state index contributed by atoms with van der Waals surface area (Å²) < 4.78 is 0. The number of aromatic amines is 1. The topological polar surface area (TPSA) is 70.7 Å². The average molecular weight is 320 g/mol. The van der Waals surface area contributed by atoms with Crippen molar-refractivity contribution < 1.29 is 4.79 Å². The number of para-hydroxylation sites is 1. The molecule has 2 N–H and O–H groups in total. The number of aromatic nitrogens is 3. The molecule has 5 heteroatoms. The molecule has 1 saturated carbocycles. The Kier molecular flexibility index (Phi) is 3.56. The summed E-state index contributed by atoms with van der Waals surface area (Å²) in [7, 11) is 0. The molecule has 0 radical (unpaired) electrons. The minimum Gasteiger partial charge on any atom is -0.341 e. The van der Waals surface area contributed by atoms with Crippen molar-refractivity contribution in [3.05, 3.63) is 59.2 Å². The zero-order valence-corrected chi connectivity index (χ0v) is 13.8. The van der Waals surface area contributed by atoms with Crippen LogP contribution in [0.4, 0.5) is 0 Å². The number of imidazole rings is 1. The molecule has 4 rings (SSSR count). The number of aryl methyl sites for hydroxylation is 2. The van der Waals surface area contributed by atoms with Gasteiger partial charge in [0, 0.05) is 6.20 Å². The van der Waals surface area contributed by atoms with E-state index in [-0.39, 0.29) is 11.9 Å². The molecule has 1 unspecified atom stereocenters. The van der Waals surface area contributed by atoms with Gasteiger partial charge in [-0.05, 0) is 55.9 Å². The molecule has 0 spiro atoms. The molecule has 2 aromatic heterocycles. The van der Waals surface area contributed by atoms with E-state index in [2.05, 4.69) is 20.3 Å². The molecule has 24 heavy (non-hydrogen) atoms. The van der Waals surface area contributed by atoms with Gasteiger partial charge >= 0.3 is 0 Å². The van der Waals surface area contributed by atoms with Gasteiger partial charge in [0.25, 0.3) is 5.91 Å². The Bertz CT molecular complexity index is 911. The zero-order chi connectivity index (χ0) is 16.7. The highest BCUT2D eigenvalue weighted by Crippen LogP contribution is 2.41. The van der Waals surface area contributed by atoms with E-state index in [1.807, 2.05) is 44.2 Å². The van der Waals surface area contributed by atoms with Gasteiger partial charge in [0.15, 0.2) is 5.82 Å². The monoisotopic (exact) mass is 320 g/mol. The van der Waals surface area contributed by atoms with E-state index in [0.717, 1.165) is 40.7 Å². The van der Waals surface area contributed by atoms with Crippen molar-refractivity contribution in [3.63, 3.8) is 0 Å². The number of amides is 1. The summed E-state index contributed by atoms with van der Waals surface area (Å²) in [6.45, 7) is 4.03. The van der Waals surface area contributed by atoms with Crippen LogP contribution in [0.25, 0.3) is 11.0 Å². The molecule has 122 valence electrons. The Morgan fingerprint density at radius 3 is 2.71 bits per heavy atom. The second-order valence-electron chi connectivity index (χ2n) is 6.55. The van der Waals surface area contributed by atoms with E-state index >= 15 is 0 Å². The van der Waals surface area contributed by atoms with Gasteiger partial charge in [-0.1, -0.05) is 18.2 Å². The molecule has 3 aromatic rings. The highest BCUT2D eigenvalue weighted by atomic mass is 16.2. The number of hydrogen-bond donors (Lipinski definition) is 2. The second kappa shape index (κ2) is 5.74. The molecule has 0 bridgehead atoms. The van der Waals surface area contributed by atoms with E-state index in [9.17, 15) is 4.79 Å². The summed E-state index contributed by atoms with van der Waals surface area (Å²) >= 11 is 0. The van der Waals surface area contributed by atoms with Crippen LogP contribution >= 0.6 is 0 Å². The number of benzene rings is 1. The molecular weight excluding hydrogens is 300 g/mol. The molecule has 2 heterocycles. The molecule has 0 saturated heterocycles. The van der Waals surface area contributed by atoms with Gasteiger partial charge in [-0.15, -0.1) is 0 Å². The van der Waals surface area contributed by atoms with Crippen LogP contribution in [-0.2, 0) is 0 Å². The summed E-state index contributed by atoms with van der Waals surface area (Å²) in [6.07, 6.45) is 4.04. The lowest BCUT2D eigenvalue weighted by molar-refractivity contribution is 0.0921. The van der Waals surface area contributed by atoms with Crippen LogP contribution in [0.5, 0.6) is 0 Å². The van der Waals surface area contributed by atoms with Gasteiger partial charge in [0.05, 0.1) is 22.8 Å². The van der Waals surface area contributed by atoms with Gasteiger partial charge in [0.1, 0.15) is 0 Å². The zero-order valence-electron chi connectivity index (χ0n) is 13.8. The minimum atomic E-state index is -0.174. The molecule has 1 atom stereocenters. The molecule has 1 fully saturated rings. The number of carbonyl (C=O) groups is 1. The Hall–Kier alpha value is -2.69. The van der Waals surface area contributed by atoms with Crippen LogP contribution in [0.3, 0.4) is 0 Å². The maximum atomic E-state index is 12.7. The fourth-order valence-corrected chi connectivity index (χ4v) is 3.16. The number of carbonyl (C=O) groups excluding carboxylic acids is 1. The van der Waals surface area contributed by atoms with Crippen LogP contribution in [-0.4, -0.2) is 20.9 Å².